The van der Waals surface area contributed by atoms with Crippen LogP contribution in [0.5, 0.6) is 0 Å². The number of carbonyl (C=O) groups is 1. The molecule has 0 fully saturated rings. The maximum absolute atomic E-state index is 11.0. The third kappa shape index (κ3) is 17.3. The number of hydrogen-bond acceptors (Lipinski definition) is 3. The van der Waals surface area contributed by atoms with Crippen LogP contribution < -0.4 is 34.7 Å². The zero-order valence-electron chi connectivity index (χ0n) is 16.9. The number of aliphatic carboxylic acids is 1. The molecule has 3 nitrogen and oxygen atoms in total. The topological polar surface area (TPSA) is 43.4 Å². The number of unbranched alkanes of at least 4 members (excludes halogenated alkanes) is 13. The number of likely N-dealkylation sites (N-methyl/N-ethyl adjacent to an activating group) is 1. The van der Waals surface area contributed by atoms with Crippen molar-refractivity contribution in [1.29, 1.82) is 0 Å². The smallest absolute Gasteiger partial charge is 0.548 e. The van der Waals surface area contributed by atoms with Crippen LogP contribution in [-0.4, -0.2) is 31.0 Å². The van der Waals surface area contributed by atoms with Gasteiger partial charge in [0, 0.05) is 6.04 Å². The van der Waals surface area contributed by atoms with Gasteiger partial charge in [0.05, 0.1) is 5.97 Å². The number of carboxylic acid groups (broad SMARTS) is 1. The third-order valence-corrected chi connectivity index (χ3v) is 4.73. The minimum Gasteiger partial charge on any atom is -0.548 e. The van der Waals surface area contributed by atoms with Crippen LogP contribution in [0.3, 0.4) is 0 Å². The molecule has 0 saturated carbocycles. The normalized spacial score (nSPS) is 12.2. The van der Waals surface area contributed by atoms with Gasteiger partial charge in [-0.3, -0.25) is 0 Å². The fraction of sp³-hybridized carbons (Fsp3) is 0.950. The summed E-state index contributed by atoms with van der Waals surface area (Å²) < 4.78 is 0. The van der Waals surface area contributed by atoms with Gasteiger partial charge < -0.3 is 14.8 Å². The summed E-state index contributed by atoms with van der Waals surface area (Å²) in [4.78, 5) is 12.7. The van der Waals surface area contributed by atoms with Crippen LogP contribution in [0.25, 0.3) is 0 Å². The Morgan fingerprint density at radius 1 is 0.750 bits per heavy atom. The first-order chi connectivity index (χ1) is 11.1. The molecule has 0 N–H and O–H groups in total. The molecule has 0 spiro atoms. The molecule has 1 atom stereocenters. The van der Waals surface area contributed by atoms with Gasteiger partial charge in [0.1, 0.15) is 0 Å². The molecule has 24 heavy (non-hydrogen) atoms. The van der Waals surface area contributed by atoms with Crippen LogP contribution in [0.1, 0.15) is 103 Å². The van der Waals surface area contributed by atoms with E-state index in [4.69, 9.17) is 0 Å². The quantitative estimate of drug-likeness (QED) is 0.296. The molecule has 4 heteroatoms. The number of carbonyl (C=O) groups excluding carboxylic acids is 1. The van der Waals surface area contributed by atoms with Crippen LogP contribution in [0.4, 0.5) is 0 Å². The van der Waals surface area contributed by atoms with Crippen LogP contribution in [0.15, 0.2) is 0 Å². The first kappa shape index (κ1) is 26.7. The summed E-state index contributed by atoms with van der Waals surface area (Å²) in [6.07, 6.45) is 19.3. The molecular formula is C20H40NNaO2. The average Bonchev–Trinajstić information content (AvgIpc) is 2.50. The number of rotatable bonds is 17. The van der Waals surface area contributed by atoms with Crippen molar-refractivity contribution in [2.24, 2.45) is 0 Å². The van der Waals surface area contributed by atoms with E-state index in [9.17, 15) is 9.90 Å². The van der Waals surface area contributed by atoms with Gasteiger partial charge in [0.2, 0.25) is 0 Å². The Kier molecular flexibility index (Phi) is 21.9. The second kappa shape index (κ2) is 19.8. The molecule has 138 valence electrons. The SMILES string of the molecule is CCCCCCCCCCCCCCCCC(C(=O)[O-])N(C)C.[Na+]. The van der Waals surface area contributed by atoms with Gasteiger partial charge in [-0.05, 0) is 20.5 Å². The number of hydrogen-bond donors (Lipinski definition) is 0. The van der Waals surface area contributed by atoms with Crippen LogP contribution >= 0.6 is 0 Å². The predicted octanol–water partition coefficient (Wildman–Crippen LogP) is 1.54. The summed E-state index contributed by atoms with van der Waals surface area (Å²) in [5, 5.41) is 11.0. The summed E-state index contributed by atoms with van der Waals surface area (Å²) >= 11 is 0. The Hall–Kier alpha value is 0.430. The minimum atomic E-state index is -0.940. The van der Waals surface area contributed by atoms with Gasteiger partial charge in [0.25, 0.3) is 0 Å². The number of nitrogens with zero attached hydrogens (tertiary/aromatic N) is 1. The van der Waals surface area contributed by atoms with Crippen molar-refractivity contribution in [3.05, 3.63) is 0 Å². The first-order valence-electron chi connectivity index (χ1n) is 9.96. The minimum absolute atomic E-state index is 0. The van der Waals surface area contributed by atoms with E-state index in [-0.39, 0.29) is 29.6 Å². The Labute approximate surface area is 173 Å². The van der Waals surface area contributed by atoms with E-state index in [1.54, 1.807) is 4.90 Å². The van der Waals surface area contributed by atoms with Crippen molar-refractivity contribution in [1.82, 2.24) is 4.90 Å². The summed E-state index contributed by atoms with van der Waals surface area (Å²) in [5.41, 5.74) is 0. The monoisotopic (exact) mass is 349 g/mol. The van der Waals surface area contributed by atoms with E-state index in [1.165, 1.54) is 77.0 Å². The Balaban J connectivity index is 0. The molecule has 1 unspecified atom stereocenters. The molecule has 0 heterocycles. The van der Waals surface area contributed by atoms with E-state index >= 15 is 0 Å². The van der Waals surface area contributed by atoms with E-state index < -0.39 is 12.0 Å². The molecule has 0 bridgehead atoms. The molecule has 0 aliphatic carbocycles. The van der Waals surface area contributed by atoms with E-state index in [0.29, 0.717) is 6.42 Å². The van der Waals surface area contributed by atoms with E-state index in [1.807, 2.05) is 14.1 Å². The number of carboxylic acids is 1. The van der Waals surface area contributed by atoms with Gasteiger partial charge in [0.15, 0.2) is 0 Å². The van der Waals surface area contributed by atoms with Crippen LogP contribution in [0, 0.1) is 0 Å². The fourth-order valence-electron chi connectivity index (χ4n) is 3.12. The van der Waals surface area contributed by atoms with E-state index in [0.717, 1.165) is 12.8 Å². The summed E-state index contributed by atoms with van der Waals surface area (Å²) in [7, 11) is 3.62. The first-order valence-corrected chi connectivity index (χ1v) is 9.96. The molecule has 0 aliphatic rings. The summed E-state index contributed by atoms with van der Waals surface area (Å²) in [6, 6.07) is -0.424. The Morgan fingerprint density at radius 2 is 1.08 bits per heavy atom. The molecule has 0 rings (SSSR count). The maximum Gasteiger partial charge on any atom is 1.00 e. The van der Waals surface area contributed by atoms with Gasteiger partial charge in [-0.1, -0.05) is 96.8 Å². The molecule has 0 saturated heterocycles. The van der Waals surface area contributed by atoms with Gasteiger partial charge >= 0.3 is 29.6 Å². The fourth-order valence-corrected chi connectivity index (χ4v) is 3.12. The molecule has 0 aliphatic heterocycles. The van der Waals surface area contributed by atoms with Crippen molar-refractivity contribution >= 4 is 5.97 Å². The van der Waals surface area contributed by atoms with Crippen LogP contribution in [0.2, 0.25) is 0 Å². The van der Waals surface area contributed by atoms with Gasteiger partial charge in [-0.25, -0.2) is 0 Å². The molecule has 0 aromatic rings. The molecule has 0 aromatic heterocycles. The summed E-state index contributed by atoms with van der Waals surface area (Å²) in [5.74, 6) is -0.940. The van der Waals surface area contributed by atoms with Gasteiger partial charge in [-0.15, -0.1) is 0 Å². The van der Waals surface area contributed by atoms with Crippen molar-refractivity contribution in [2.75, 3.05) is 14.1 Å². The Morgan fingerprint density at radius 3 is 1.38 bits per heavy atom. The van der Waals surface area contributed by atoms with Crippen molar-refractivity contribution in [2.45, 2.75) is 109 Å². The summed E-state index contributed by atoms with van der Waals surface area (Å²) in [6.45, 7) is 2.27. The molecule has 0 aromatic carbocycles. The molecule has 0 radical (unpaired) electrons. The zero-order chi connectivity index (χ0) is 17.3. The Bertz CT molecular complexity index is 272. The zero-order valence-corrected chi connectivity index (χ0v) is 18.9. The second-order valence-electron chi connectivity index (χ2n) is 7.18. The largest absolute Gasteiger partial charge is 1.00 e. The maximum atomic E-state index is 11.0. The van der Waals surface area contributed by atoms with E-state index in [2.05, 4.69) is 6.92 Å². The standard InChI is InChI=1S/C20H41NO2.Na/c1-4-5-6-7-8-9-10-11-12-13-14-15-16-17-18-19(20(22)23)21(2)3;/h19H,4-18H2,1-3H3,(H,22,23);/q;+1/p-1. The van der Waals surface area contributed by atoms with Crippen LogP contribution in [-0.2, 0) is 4.79 Å². The molecular weight excluding hydrogens is 309 g/mol. The van der Waals surface area contributed by atoms with Crippen molar-refractivity contribution in [3.63, 3.8) is 0 Å². The average molecular weight is 350 g/mol. The van der Waals surface area contributed by atoms with Gasteiger partial charge in [-0.2, -0.15) is 0 Å². The van der Waals surface area contributed by atoms with Crippen molar-refractivity contribution < 1.29 is 39.5 Å². The predicted molar refractivity (Wildman–Crippen MR) is 97.4 cm³/mol. The third-order valence-electron chi connectivity index (χ3n) is 4.73. The second-order valence-corrected chi connectivity index (χ2v) is 7.18. The van der Waals surface area contributed by atoms with Crippen molar-refractivity contribution in [3.8, 4) is 0 Å². The molecule has 0 amide bonds.